The number of amides is 1. The number of hydrogen-bond donors (Lipinski definition) is 1. The summed E-state index contributed by atoms with van der Waals surface area (Å²) in [6.45, 7) is 5.43. The molecule has 2 rings (SSSR count). The summed E-state index contributed by atoms with van der Waals surface area (Å²) in [5.41, 5.74) is 0.445. The fourth-order valence-corrected chi connectivity index (χ4v) is 2.54. The lowest BCUT2D eigenvalue weighted by molar-refractivity contribution is -0.143. The van der Waals surface area contributed by atoms with E-state index in [-0.39, 0.29) is 12.0 Å². The van der Waals surface area contributed by atoms with Crippen molar-refractivity contribution in [2.75, 3.05) is 7.11 Å². The molecule has 0 saturated heterocycles. The number of rotatable bonds is 7. The summed E-state index contributed by atoms with van der Waals surface area (Å²) < 4.78 is 29.9. The summed E-state index contributed by atoms with van der Waals surface area (Å²) in [5.74, 6) is -0.769. The van der Waals surface area contributed by atoms with Gasteiger partial charge in [0.25, 0.3) is 0 Å². The number of hydrogen-bond acceptors (Lipinski definition) is 5. The van der Waals surface area contributed by atoms with Crippen LogP contribution in [0.5, 0.6) is 5.75 Å². The highest BCUT2D eigenvalue weighted by atomic mass is 19.1. The molecule has 0 unspecified atom stereocenters. The molecular formula is C22H26FNO5. The first-order valence-electron chi connectivity index (χ1n) is 9.20. The van der Waals surface area contributed by atoms with Crippen molar-refractivity contribution in [3.8, 4) is 5.75 Å². The maximum Gasteiger partial charge on any atom is 0.408 e. The molecule has 0 aliphatic heterocycles. The lowest BCUT2D eigenvalue weighted by atomic mass is 10.0. The maximum absolute atomic E-state index is 14.3. The van der Waals surface area contributed by atoms with Gasteiger partial charge < -0.3 is 19.5 Å². The average molecular weight is 403 g/mol. The molecule has 6 nitrogen and oxygen atoms in total. The first-order chi connectivity index (χ1) is 13.7. The highest BCUT2D eigenvalue weighted by Crippen LogP contribution is 2.20. The molecule has 0 aliphatic rings. The minimum absolute atomic E-state index is 0.111. The Morgan fingerprint density at radius 3 is 2.41 bits per heavy atom. The molecule has 7 heteroatoms. The first kappa shape index (κ1) is 22.2. The van der Waals surface area contributed by atoms with Crippen molar-refractivity contribution in [2.24, 2.45) is 0 Å². The smallest absolute Gasteiger partial charge is 0.408 e. The van der Waals surface area contributed by atoms with Gasteiger partial charge in [-0.2, -0.15) is 0 Å². The van der Waals surface area contributed by atoms with Gasteiger partial charge in [-0.1, -0.05) is 30.3 Å². The largest absolute Gasteiger partial charge is 0.489 e. The number of carbonyl (C=O) groups excluding carboxylic acids is 2. The summed E-state index contributed by atoms with van der Waals surface area (Å²) in [5, 5.41) is 2.43. The molecule has 156 valence electrons. The quantitative estimate of drug-likeness (QED) is 0.707. The van der Waals surface area contributed by atoms with Gasteiger partial charge in [0.2, 0.25) is 0 Å². The van der Waals surface area contributed by atoms with E-state index in [2.05, 4.69) is 5.32 Å². The molecule has 0 aromatic heterocycles. The van der Waals surface area contributed by atoms with E-state index in [1.54, 1.807) is 20.8 Å². The zero-order valence-corrected chi connectivity index (χ0v) is 17.0. The summed E-state index contributed by atoms with van der Waals surface area (Å²) in [4.78, 5) is 24.1. The van der Waals surface area contributed by atoms with Crippen LogP contribution in [0.15, 0.2) is 48.5 Å². The minimum atomic E-state index is -1.10. The second kappa shape index (κ2) is 9.91. The van der Waals surface area contributed by atoms with Crippen LogP contribution in [-0.4, -0.2) is 30.8 Å². The van der Waals surface area contributed by atoms with Gasteiger partial charge in [0, 0.05) is 6.42 Å². The highest BCUT2D eigenvalue weighted by molar-refractivity contribution is 5.81. The average Bonchev–Trinajstić information content (AvgIpc) is 2.66. The third-order valence-electron chi connectivity index (χ3n) is 3.87. The van der Waals surface area contributed by atoms with Crippen molar-refractivity contribution in [3.05, 3.63) is 65.5 Å². The predicted molar refractivity (Wildman–Crippen MR) is 106 cm³/mol. The molecule has 2 aromatic rings. The third-order valence-corrected chi connectivity index (χ3v) is 3.87. The molecular weight excluding hydrogens is 377 g/mol. The van der Waals surface area contributed by atoms with Crippen LogP contribution >= 0.6 is 0 Å². The Morgan fingerprint density at radius 2 is 1.79 bits per heavy atom. The van der Waals surface area contributed by atoms with Crippen LogP contribution in [0.2, 0.25) is 0 Å². The number of methoxy groups -OCH3 is 1. The van der Waals surface area contributed by atoms with Gasteiger partial charge in [-0.05, 0) is 50.1 Å². The van der Waals surface area contributed by atoms with E-state index in [1.807, 2.05) is 30.3 Å². The lowest BCUT2D eigenvalue weighted by Crippen LogP contribution is -2.45. The van der Waals surface area contributed by atoms with Gasteiger partial charge in [0.15, 0.2) is 0 Å². The molecule has 0 bridgehead atoms. The van der Waals surface area contributed by atoms with E-state index >= 15 is 0 Å². The van der Waals surface area contributed by atoms with E-state index in [0.717, 1.165) is 5.56 Å². The number of benzene rings is 2. The Balaban J connectivity index is 2.11. The Hall–Kier alpha value is -3.09. The molecule has 0 fully saturated rings. The third kappa shape index (κ3) is 7.44. The van der Waals surface area contributed by atoms with E-state index in [4.69, 9.17) is 14.2 Å². The SMILES string of the molecule is COC(=O)[C@H](Cc1cc(OCc2ccccc2)ccc1F)NC(=O)OC(C)(C)C. The summed E-state index contributed by atoms with van der Waals surface area (Å²) in [6, 6.07) is 12.7. The fourth-order valence-electron chi connectivity index (χ4n) is 2.54. The number of nitrogens with one attached hydrogen (secondary N) is 1. The molecule has 1 N–H and O–H groups in total. The first-order valence-corrected chi connectivity index (χ1v) is 9.20. The number of ether oxygens (including phenoxy) is 3. The monoisotopic (exact) mass is 403 g/mol. The predicted octanol–water partition coefficient (Wildman–Crippen LogP) is 4.01. The van der Waals surface area contributed by atoms with Crippen molar-refractivity contribution < 1.29 is 28.2 Å². The van der Waals surface area contributed by atoms with Crippen LogP contribution in [0, 0.1) is 5.82 Å². The number of carbonyl (C=O) groups is 2. The van der Waals surface area contributed by atoms with Crippen LogP contribution < -0.4 is 10.1 Å². The second-order valence-corrected chi connectivity index (χ2v) is 7.45. The van der Waals surface area contributed by atoms with E-state index < -0.39 is 29.5 Å². The zero-order valence-electron chi connectivity index (χ0n) is 17.0. The Kier molecular flexibility index (Phi) is 7.59. The lowest BCUT2D eigenvalue weighted by Gasteiger charge is -2.22. The van der Waals surface area contributed by atoms with Gasteiger partial charge in [-0.3, -0.25) is 0 Å². The normalized spacial score (nSPS) is 12.0. The zero-order chi connectivity index (χ0) is 21.4. The van der Waals surface area contributed by atoms with Gasteiger partial charge in [0.1, 0.15) is 29.8 Å². The number of halogens is 1. The van der Waals surface area contributed by atoms with Gasteiger partial charge in [0.05, 0.1) is 7.11 Å². The van der Waals surface area contributed by atoms with Gasteiger partial charge >= 0.3 is 12.1 Å². The molecule has 1 atom stereocenters. The number of alkyl carbamates (subject to hydrolysis) is 1. The Labute approximate surface area is 170 Å². The van der Waals surface area contributed by atoms with Crippen LogP contribution in [0.25, 0.3) is 0 Å². The molecule has 29 heavy (non-hydrogen) atoms. The van der Waals surface area contributed by atoms with Crippen molar-refractivity contribution in [3.63, 3.8) is 0 Å². The molecule has 1 amide bonds. The van der Waals surface area contributed by atoms with Crippen molar-refractivity contribution in [1.82, 2.24) is 5.32 Å². The summed E-state index contributed by atoms with van der Waals surface area (Å²) in [7, 11) is 1.20. The van der Waals surface area contributed by atoms with Crippen molar-refractivity contribution in [2.45, 2.75) is 45.4 Å². The van der Waals surface area contributed by atoms with Crippen LogP contribution in [-0.2, 0) is 27.3 Å². The highest BCUT2D eigenvalue weighted by Gasteiger charge is 2.26. The van der Waals surface area contributed by atoms with E-state index in [9.17, 15) is 14.0 Å². The second-order valence-electron chi connectivity index (χ2n) is 7.45. The molecule has 0 aliphatic carbocycles. The fraction of sp³-hybridized carbons (Fsp3) is 0.364. The molecule has 0 saturated carbocycles. The van der Waals surface area contributed by atoms with Crippen LogP contribution in [0.4, 0.5) is 9.18 Å². The molecule has 0 spiro atoms. The number of esters is 1. The van der Waals surface area contributed by atoms with Crippen LogP contribution in [0.1, 0.15) is 31.9 Å². The molecule has 2 aromatic carbocycles. The maximum atomic E-state index is 14.3. The van der Waals surface area contributed by atoms with Crippen molar-refractivity contribution in [1.29, 1.82) is 0 Å². The summed E-state index contributed by atoms with van der Waals surface area (Å²) in [6.07, 6.45) is -0.898. The standard InChI is InChI=1S/C22H26FNO5/c1-22(2,3)29-21(26)24-19(20(25)27-4)13-16-12-17(10-11-18(16)23)28-14-15-8-6-5-7-9-15/h5-12,19H,13-14H2,1-4H3,(H,24,26)/t19-/m0/s1. The van der Waals surface area contributed by atoms with E-state index in [0.29, 0.717) is 12.4 Å². The summed E-state index contributed by atoms with van der Waals surface area (Å²) >= 11 is 0. The topological polar surface area (TPSA) is 73.9 Å². The van der Waals surface area contributed by atoms with E-state index in [1.165, 1.54) is 25.3 Å². The Bertz CT molecular complexity index is 833. The minimum Gasteiger partial charge on any atom is -0.489 e. The van der Waals surface area contributed by atoms with Crippen molar-refractivity contribution >= 4 is 12.1 Å². The van der Waals surface area contributed by atoms with Gasteiger partial charge in [-0.15, -0.1) is 0 Å². The molecule has 0 heterocycles. The van der Waals surface area contributed by atoms with Crippen LogP contribution in [0.3, 0.4) is 0 Å². The molecule has 0 radical (unpaired) electrons. The Morgan fingerprint density at radius 1 is 1.10 bits per heavy atom. The van der Waals surface area contributed by atoms with Gasteiger partial charge in [-0.25, -0.2) is 14.0 Å².